The Hall–Kier alpha value is -1.06. The second-order valence-corrected chi connectivity index (χ2v) is 3.69. The fraction of sp³-hybridized carbons (Fsp3) is 0.778. The third-order valence-electron chi connectivity index (χ3n) is 2.82. The van der Waals surface area contributed by atoms with Gasteiger partial charge in [0, 0.05) is 25.9 Å². The monoisotopic (exact) mass is 183 g/mol. The van der Waals surface area contributed by atoms with Gasteiger partial charge in [-0.15, -0.1) is 0 Å². The van der Waals surface area contributed by atoms with Crippen molar-refractivity contribution in [2.45, 2.75) is 25.9 Å². The maximum absolute atomic E-state index is 11.6. The lowest BCUT2D eigenvalue weighted by Crippen LogP contribution is -2.56. The quantitative estimate of drug-likeness (QED) is 0.544. The fourth-order valence-corrected chi connectivity index (χ4v) is 2.13. The summed E-state index contributed by atoms with van der Waals surface area (Å²) in [5, 5.41) is 0. The van der Waals surface area contributed by atoms with E-state index in [2.05, 4.69) is 0 Å². The van der Waals surface area contributed by atoms with E-state index in [1.54, 1.807) is 4.90 Å². The molecule has 0 spiro atoms. The van der Waals surface area contributed by atoms with Crippen LogP contribution in [0.15, 0.2) is 0 Å². The maximum atomic E-state index is 11.6. The van der Waals surface area contributed by atoms with Gasteiger partial charge < -0.3 is 9.64 Å². The van der Waals surface area contributed by atoms with E-state index in [-0.39, 0.29) is 17.8 Å². The molecule has 0 aromatic rings. The van der Waals surface area contributed by atoms with E-state index in [1.807, 2.05) is 0 Å². The van der Waals surface area contributed by atoms with E-state index in [0.29, 0.717) is 0 Å². The van der Waals surface area contributed by atoms with Crippen molar-refractivity contribution >= 4 is 11.9 Å². The highest BCUT2D eigenvalue weighted by Crippen LogP contribution is 2.30. The van der Waals surface area contributed by atoms with Crippen molar-refractivity contribution in [1.82, 2.24) is 4.90 Å². The third-order valence-corrected chi connectivity index (χ3v) is 2.82. The summed E-state index contributed by atoms with van der Waals surface area (Å²) in [6.07, 6.45) is 1.47. The zero-order valence-corrected chi connectivity index (χ0v) is 7.66. The number of hydrogen-bond donors (Lipinski definition) is 0. The van der Waals surface area contributed by atoms with Gasteiger partial charge in [0.25, 0.3) is 5.91 Å². The van der Waals surface area contributed by atoms with Crippen LogP contribution in [0, 0.1) is 5.92 Å². The smallest absolute Gasteiger partial charge is 0.303 e. The first-order valence-corrected chi connectivity index (χ1v) is 4.64. The Bertz CT molecular complexity index is 243. The van der Waals surface area contributed by atoms with Crippen molar-refractivity contribution in [3.63, 3.8) is 0 Å². The highest BCUT2D eigenvalue weighted by molar-refractivity contribution is 5.85. The van der Waals surface area contributed by atoms with Crippen LogP contribution < -0.4 is 0 Å². The summed E-state index contributed by atoms with van der Waals surface area (Å²) < 4.78 is 5.01. The van der Waals surface area contributed by atoms with Crippen LogP contribution in [0.3, 0.4) is 0 Å². The molecular weight excluding hydrogens is 170 g/mol. The van der Waals surface area contributed by atoms with Crippen LogP contribution in [0.2, 0.25) is 0 Å². The van der Waals surface area contributed by atoms with Crippen molar-refractivity contribution in [1.29, 1.82) is 0 Å². The second kappa shape index (κ2) is 3.01. The molecule has 0 radical (unpaired) electrons. The Balaban J connectivity index is 2.09. The van der Waals surface area contributed by atoms with E-state index in [1.165, 1.54) is 6.92 Å². The topological polar surface area (TPSA) is 46.6 Å². The number of piperidine rings is 3. The van der Waals surface area contributed by atoms with E-state index < -0.39 is 6.10 Å². The first kappa shape index (κ1) is 8.53. The predicted molar refractivity (Wildman–Crippen MR) is 44.9 cm³/mol. The fourth-order valence-electron chi connectivity index (χ4n) is 2.13. The molecule has 1 atom stereocenters. The van der Waals surface area contributed by atoms with Gasteiger partial charge in [0.05, 0.1) is 0 Å². The molecule has 3 rings (SSSR count). The molecule has 13 heavy (non-hydrogen) atoms. The zero-order valence-electron chi connectivity index (χ0n) is 7.66. The van der Waals surface area contributed by atoms with Crippen LogP contribution in [0.1, 0.15) is 19.8 Å². The molecule has 72 valence electrons. The molecule has 0 saturated carbocycles. The second-order valence-electron chi connectivity index (χ2n) is 3.69. The van der Waals surface area contributed by atoms with Gasteiger partial charge >= 0.3 is 5.97 Å². The first-order valence-electron chi connectivity index (χ1n) is 4.64. The third kappa shape index (κ3) is 1.41. The van der Waals surface area contributed by atoms with Gasteiger partial charge in [-0.05, 0) is 12.8 Å². The summed E-state index contributed by atoms with van der Waals surface area (Å²) in [5.41, 5.74) is 0. The number of hydrogen-bond acceptors (Lipinski definition) is 3. The molecule has 1 amide bonds. The highest BCUT2D eigenvalue weighted by atomic mass is 16.5. The molecule has 0 aromatic carbocycles. The van der Waals surface area contributed by atoms with Gasteiger partial charge in [-0.2, -0.15) is 0 Å². The molecular formula is C9H13NO3. The molecule has 1 unspecified atom stereocenters. The number of nitrogens with zero attached hydrogens (tertiary/aromatic N) is 1. The SMILES string of the molecule is CC(=O)OC1C(=O)N2CCC1CC2. The molecule has 3 aliphatic rings. The largest absolute Gasteiger partial charge is 0.452 e. The van der Waals surface area contributed by atoms with Crippen molar-refractivity contribution in [3.8, 4) is 0 Å². The first-order chi connectivity index (χ1) is 6.18. The maximum Gasteiger partial charge on any atom is 0.303 e. The summed E-state index contributed by atoms with van der Waals surface area (Å²) >= 11 is 0. The molecule has 2 bridgehead atoms. The lowest BCUT2D eigenvalue weighted by molar-refractivity contribution is -0.171. The van der Waals surface area contributed by atoms with Crippen molar-refractivity contribution < 1.29 is 14.3 Å². The normalized spacial score (nSPS) is 32.1. The molecule has 3 fully saturated rings. The van der Waals surface area contributed by atoms with Crippen LogP contribution in [0.25, 0.3) is 0 Å². The number of carbonyl (C=O) groups is 2. The van der Waals surface area contributed by atoms with Gasteiger partial charge in [0.2, 0.25) is 0 Å². The standard InChI is InChI=1S/C9H13NO3/c1-6(11)13-8-7-2-4-10(5-3-7)9(8)12/h7-8H,2-5H2,1H3. The van der Waals surface area contributed by atoms with Crippen LogP contribution in [0.4, 0.5) is 0 Å². The lowest BCUT2D eigenvalue weighted by Gasteiger charge is -2.43. The highest BCUT2D eigenvalue weighted by Gasteiger charge is 2.42. The van der Waals surface area contributed by atoms with Crippen LogP contribution in [-0.2, 0) is 14.3 Å². The van der Waals surface area contributed by atoms with E-state index in [0.717, 1.165) is 25.9 Å². The number of rotatable bonds is 1. The Kier molecular flexibility index (Phi) is 1.98. The van der Waals surface area contributed by atoms with Crippen LogP contribution >= 0.6 is 0 Å². The molecule has 3 aliphatic heterocycles. The van der Waals surface area contributed by atoms with Crippen molar-refractivity contribution in [2.24, 2.45) is 5.92 Å². The summed E-state index contributed by atoms with van der Waals surface area (Å²) in [6.45, 7) is 3.02. The van der Waals surface area contributed by atoms with Gasteiger partial charge in [0.15, 0.2) is 6.10 Å². The van der Waals surface area contributed by atoms with Crippen LogP contribution in [-0.4, -0.2) is 36.0 Å². The average Bonchev–Trinajstić information content (AvgIpc) is 2.11. The van der Waals surface area contributed by atoms with E-state index in [9.17, 15) is 9.59 Å². The molecule has 0 N–H and O–H groups in total. The minimum atomic E-state index is -0.486. The Labute approximate surface area is 76.8 Å². The summed E-state index contributed by atoms with van der Waals surface area (Å²) in [7, 11) is 0. The number of esters is 1. The lowest BCUT2D eigenvalue weighted by atomic mass is 9.85. The molecule has 0 aliphatic carbocycles. The average molecular weight is 183 g/mol. The number of fused-ring (bicyclic) bond motifs is 3. The summed E-state index contributed by atoms with van der Waals surface area (Å²) in [5.74, 6) is -0.0915. The Morgan fingerprint density at radius 1 is 1.46 bits per heavy atom. The van der Waals surface area contributed by atoms with Crippen molar-refractivity contribution in [2.75, 3.05) is 13.1 Å². The van der Waals surface area contributed by atoms with Crippen molar-refractivity contribution in [3.05, 3.63) is 0 Å². The number of amides is 1. The number of ether oxygens (including phenoxy) is 1. The number of carbonyl (C=O) groups excluding carboxylic acids is 2. The molecule has 3 saturated heterocycles. The van der Waals surface area contributed by atoms with Crippen LogP contribution in [0.5, 0.6) is 0 Å². The zero-order chi connectivity index (χ0) is 9.42. The molecule has 4 nitrogen and oxygen atoms in total. The summed E-state index contributed by atoms with van der Waals surface area (Å²) in [4.78, 5) is 24.1. The van der Waals surface area contributed by atoms with E-state index >= 15 is 0 Å². The molecule has 4 heteroatoms. The molecule has 3 heterocycles. The minimum absolute atomic E-state index is 0.00213. The summed E-state index contributed by atoms with van der Waals surface area (Å²) in [6, 6.07) is 0. The minimum Gasteiger partial charge on any atom is -0.452 e. The Morgan fingerprint density at radius 2 is 2.08 bits per heavy atom. The molecule has 0 aromatic heterocycles. The van der Waals surface area contributed by atoms with Gasteiger partial charge in [-0.25, -0.2) is 0 Å². The Morgan fingerprint density at radius 3 is 2.54 bits per heavy atom. The van der Waals surface area contributed by atoms with Gasteiger partial charge in [-0.3, -0.25) is 9.59 Å². The predicted octanol–water partition coefficient (Wildman–Crippen LogP) is 0.170. The van der Waals surface area contributed by atoms with E-state index in [4.69, 9.17) is 4.74 Å². The van der Waals surface area contributed by atoms with Gasteiger partial charge in [-0.1, -0.05) is 0 Å². The van der Waals surface area contributed by atoms with Gasteiger partial charge in [0.1, 0.15) is 0 Å².